The van der Waals surface area contributed by atoms with Gasteiger partial charge in [0.2, 0.25) is 5.91 Å². The number of likely N-dealkylation sites (tertiary alicyclic amines) is 1. The molecular weight excluding hydrogens is 392 g/mol. The standard InChI is InChI=1S/C24H36N4O3/c1-4-19-7-9-20(10-8-19)22(29)26-15-17-27(18-16-26)23(30)21-11-13-28(14-12-21)24(31)25(5-2)6-3/h7-10,21H,4-6,11-18H2,1-3H3. The van der Waals surface area contributed by atoms with Crippen LogP contribution in [0.25, 0.3) is 0 Å². The van der Waals surface area contributed by atoms with Crippen LogP contribution in [0.5, 0.6) is 0 Å². The Morgan fingerprint density at radius 1 is 0.806 bits per heavy atom. The second-order valence-corrected chi connectivity index (χ2v) is 8.38. The molecule has 0 radical (unpaired) electrons. The number of amides is 4. The third-order valence-corrected chi connectivity index (χ3v) is 6.64. The molecule has 7 heteroatoms. The average molecular weight is 429 g/mol. The highest BCUT2D eigenvalue weighted by Crippen LogP contribution is 2.22. The van der Waals surface area contributed by atoms with Crippen molar-refractivity contribution in [2.45, 2.75) is 40.0 Å². The van der Waals surface area contributed by atoms with Gasteiger partial charge in [0, 0.05) is 63.8 Å². The van der Waals surface area contributed by atoms with Gasteiger partial charge >= 0.3 is 6.03 Å². The molecule has 2 saturated heterocycles. The lowest BCUT2D eigenvalue weighted by Crippen LogP contribution is -2.53. The van der Waals surface area contributed by atoms with Gasteiger partial charge in [0.1, 0.15) is 0 Å². The number of rotatable bonds is 5. The summed E-state index contributed by atoms with van der Waals surface area (Å²) in [5.41, 5.74) is 1.93. The van der Waals surface area contributed by atoms with Gasteiger partial charge in [0.25, 0.3) is 5.91 Å². The minimum Gasteiger partial charge on any atom is -0.339 e. The maximum atomic E-state index is 13.0. The van der Waals surface area contributed by atoms with Crippen molar-refractivity contribution in [1.82, 2.24) is 19.6 Å². The van der Waals surface area contributed by atoms with E-state index in [2.05, 4.69) is 6.92 Å². The van der Waals surface area contributed by atoms with E-state index in [1.54, 1.807) is 0 Å². The maximum absolute atomic E-state index is 13.0. The molecule has 0 spiro atoms. The lowest BCUT2D eigenvalue weighted by atomic mass is 9.95. The summed E-state index contributed by atoms with van der Waals surface area (Å²) in [4.78, 5) is 45.7. The third kappa shape index (κ3) is 5.38. The van der Waals surface area contributed by atoms with E-state index in [0.29, 0.717) is 57.9 Å². The molecule has 2 aliphatic rings. The van der Waals surface area contributed by atoms with E-state index >= 15 is 0 Å². The molecule has 2 fully saturated rings. The SMILES string of the molecule is CCc1ccc(C(=O)N2CCN(C(=O)C3CCN(C(=O)N(CC)CC)CC3)CC2)cc1. The summed E-state index contributed by atoms with van der Waals surface area (Å²) >= 11 is 0. The lowest BCUT2D eigenvalue weighted by molar-refractivity contribution is -0.138. The predicted molar refractivity (Wildman–Crippen MR) is 121 cm³/mol. The maximum Gasteiger partial charge on any atom is 0.319 e. The van der Waals surface area contributed by atoms with Crippen LogP contribution in [0.4, 0.5) is 4.79 Å². The van der Waals surface area contributed by atoms with Crippen LogP contribution in [0.3, 0.4) is 0 Å². The molecule has 2 heterocycles. The number of aryl methyl sites for hydroxylation is 1. The van der Waals surface area contributed by atoms with E-state index in [1.807, 2.05) is 57.7 Å². The average Bonchev–Trinajstić information content (AvgIpc) is 2.84. The molecule has 31 heavy (non-hydrogen) atoms. The first-order valence-electron chi connectivity index (χ1n) is 11.7. The van der Waals surface area contributed by atoms with Crippen LogP contribution in [0.15, 0.2) is 24.3 Å². The summed E-state index contributed by atoms with van der Waals surface area (Å²) in [6.45, 7) is 11.1. The van der Waals surface area contributed by atoms with Crippen molar-refractivity contribution in [2.75, 3.05) is 52.4 Å². The Balaban J connectivity index is 1.47. The molecule has 0 N–H and O–H groups in total. The fourth-order valence-electron chi connectivity index (χ4n) is 4.47. The monoisotopic (exact) mass is 428 g/mol. The molecule has 0 saturated carbocycles. The molecule has 1 aromatic rings. The number of hydrogen-bond acceptors (Lipinski definition) is 3. The number of hydrogen-bond donors (Lipinski definition) is 0. The van der Waals surface area contributed by atoms with Crippen LogP contribution < -0.4 is 0 Å². The van der Waals surface area contributed by atoms with E-state index in [1.165, 1.54) is 5.56 Å². The topological polar surface area (TPSA) is 64.2 Å². The van der Waals surface area contributed by atoms with Crippen LogP contribution in [-0.4, -0.2) is 89.8 Å². The van der Waals surface area contributed by atoms with Gasteiger partial charge in [0.15, 0.2) is 0 Å². The van der Waals surface area contributed by atoms with Crippen LogP contribution in [0, 0.1) is 5.92 Å². The van der Waals surface area contributed by atoms with Crippen molar-refractivity contribution in [3.63, 3.8) is 0 Å². The Hall–Kier alpha value is -2.57. The summed E-state index contributed by atoms with van der Waals surface area (Å²) in [6.07, 6.45) is 2.39. The van der Waals surface area contributed by atoms with Crippen LogP contribution >= 0.6 is 0 Å². The zero-order valence-corrected chi connectivity index (χ0v) is 19.2. The predicted octanol–water partition coefficient (Wildman–Crippen LogP) is 2.71. The van der Waals surface area contributed by atoms with Crippen molar-refractivity contribution in [3.8, 4) is 0 Å². The first-order chi connectivity index (χ1) is 15.0. The number of piperidine rings is 1. The van der Waals surface area contributed by atoms with Gasteiger partial charge in [-0.15, -0.1) is 0 Å². The quantitative estimate of drug-likeness (QED) is 0.724. The molecule has 0 unspecified atom stereocenters. The first kappa shape index (κ1) is 23.1. The van der Waals surface area contributed by atoms with Gasteiger partial charge in [-0.25, -0.2) is 4.79 Å². The minimum atomic E-state index is -0.0235. The largest absolute Gasteiger partial charge is 0.339 e. The van der Waals surface area contributed by atoms with Crippen LogP contribution in [0.1, 0.15) is 49.5 Å². The normalized spacial score (nSPS) is 17.6. The molecule has 0 aromatic heterocycles. The van der Waals surface area contributed by atoms with Crippen molar-refractivity contribution >= 4 is 17.8 Å². The van der Waals surface area contributed by atoms with Crippen molar-refractivity contribution < 1.29 is 14.4 Å². The summed E-state index contributed by atoms with van der Waals surface area (Å²) in [5, 5.41) is 0. The second kappa shape index (κ2) is 10.6. The lowest BCUT2D eigenvalue weighted by Gasteiger charge is -2.39. The molecule has 7 nitrogen and oxygen atoms in total. The minimum absolute atomic E-state index is 0.0235. The van der Waals surface area contributed by atoms with Gasteiger partial charge in [-0.05, 0) is 50.8 Å². The molecule has 2 aliphatic heterocycles. The molecule has 0 aliphatic carbocycles. The number of carbonyl (C=O) groups is 3. The van der Waals surface area contributed by atoms with Gasteiger partial charge in [-0.1, -0.05) is 19.1 Å². The number of benzene rings is 1. The zero-order chi connectivity index (χ0) is 22.4. The highest BCUT2D eigenvalue weighted by molar-refractivity contribution is 5.94. The molecule has 0 bridgehead atoms. The Kier molecular flexibility index (Phi) is 7.93. The fraction of sp³-hybridized carbons (Fsp3) is 0.625. The van der Waals surface area contributed by atoms with Crippen LogP contribution in [-0.2, 0) is 11.2 Å². The summed E-state index contributed by atoms with van der Waals surface area (Å²) in [5.74, 6) is 0.192. The molecule has 4 amide bonds. The second-order valence-electron chi connectivity index (χ2n) is 8.38. The Labute approximate surface area is 186 Å². The van der Waals surface area contributed by atoms with E-state index in [4.69, 9.17) is 0 Å². The Morgan fingerprint density at radius 3 is 1.87 bits per heavy atom. The van der Waals surface area contributed by atoms with Crippen molar-refractivity contribution in [1.29, 1.82) is 0 Å². The van der Waals surface area contributed by atoms with Crippen molar-refractivity contribution in [2.24, 2.45) is 5.92 Å². The first-order valence-corrected chi connectivity index (χ1v) is 11.7. The Bertz CT molecular complexity index is 760. The highest BCUT2D eigenvalue weighted by Gasteiger charge is 2.33. The van der Waals surface area contributed by atoms with Gasteiger partial charge in [-0.3, -0.25) is 9.59 Å². The number of urea groups is 1. The smallest absolute Gasteiger partial charge is 0.319 e. The summed E-state index contributed by atoms with van der Waals surface area (Å²) < 4.78 is 0. The van der Waals surface area contributed by atoms with Gasteiger partial charge in [0.05, 0.1) is 0 Å². The van der Waals surface area contributed by atoms with Crippen LogP contribution in [0.2, 0.25) is 0 Å². The molecule has 1 aromatic carbocycles. The van der Waals surface area contributed by atoms with Gasteiger partial charge < -0.3 is 19.6 Å². The Morgan fingerprint density at radius 2 is 1.35 bits per heavy atom. The van der Waals surface area contributed by atoms with E-state index in [0.717, 1.165) is 19.3 Å². The zero-order valence-electron chi connectivity index (χ0n) is 19.2. The van der Waals surface area contributed by atoms with E-state index in [-0.39, 0.29) is 23.8 Å². The summed E-state index contributed by atoms with van der Waals surface area (Å²) in [6, 6.07) is 7.88. The van der Waals surface area contributed by atoms with Gasteiger partial charge in [-0.2, -0.15) is 0 Å². The molecule has 3 rings (SSSR count). The number of carbonyl (C=O) groups excluding carboxylic acids is 3. The number of nitrogens with zero attached hydrogens (tertiary/aromatic N) is 4. The highest BCUT2D eigenvalue weighted by atomic mass is 16.2. The van der Waals surface area contributed by atoms with E-state index < -0.39 is 0 Å². The van der Waals surface area contributed by atoms with E-state index in [9.17, 15) is 14.4 Å². The molecule has 0 atom stereocenters. The summed E-state index contributed by atoms with van der Waals surface area (Å²) in [7, 11) is 0. The van der Waals surface area contributed by atoms with Crippen molar-refractivity contribution in [3.05, 3.63) is 35.4 Å². The third-order valence-electron chi connectivity index (χ3n) is 6.64. The number of piperazine rings is 1. The molecular formula is C24H36N4O3. The fourth-order valence-corrected chi connectivity index (χ4v) is 4.47. The molecule has 170 valence electrons.